The first-order chi connectivity index (χ1) is 7.13. The average Bonchev–Trinajstić information content (AvgIpc) is 2.18. The van der Waals surface area contributed by atoms with E-state index in [1.807, 2.05) is 0 Å². The van der Waals surface area contributed by atoms with Gasteiger partial charge in [-0.2, -0.15) is 0 Å². The smallest absolute Gasteiger partial charge is 0.271 e. The Kier molecular flexibility index (Phi) is 3.99. The van der Waals surface area contributed by atoms with E-state index in [1.165, 1.54) is 6.20 Å². The van der Waals surface area contributed by atoms with Crippen LogP contribution in [-0.4, -0.2) is 33.6 Å². The molecule has 1 aromatic rings. The lowest BCUT2D eigenvalue weighted by molar-refractivity contribution is 0.0929. The number of nitrogens with zero attached hydrogens (tertiary/aromatic N) is 1. The minimum absolute atomic E-state index is 0.0144. The molecule has 0 saturated heterocycles. The normalized spacial score (nSPS) is 12.1. The fourth-order valence-corrected chi connectivity index (χ4v) is 1.03. The summed E-state index contributed by atoms with van der Waals surface area (Å²) in [6.45, 7) is 1.79. The zero-order valence-electron chi connectivity index (χ0n) is 8.36. The third-order valence-corrected chi connectivity index (χ3v) is 1.84. The number of carbonyl (C=O) groups is 1. The second-order valence-electron chi connectivity index (χ2n) is 3.18. The largest absolute Gasteiger partial charge is 0.396 e. The van der Waals surface area contributed by atoms with Crippen LogP contribution in [0.4, 0.5) is 0 Å². The molecular formula is C9H13N3O3. The lowest BCUT2D eigenvalue weighted by Gasteiger charge is -2.11. The maximum atomic E-state index is 11.5. The van der Waals surface area contributed by atoms with E-state index in [9.17, 15) is 9.59 Å². The van der Waals surface area contributed by atoms with Crippen LogP contribution in [-0.2, 0) is 0 Å². The van der Waals surface area contributed by atoms with Gasteiger partial charge in [-0.25, -0.2) is 4.98 Å². The van der Waals surface area contributed by atoms with Gasteiger partial charge < -0.3 is 15.4 Å². The Hall–Kier alpha value is -1.69. The zero-order chi connectivity index (χ0) is 11.3. The Morgan fingerprint density at radius 3 is 3.00 bits per heavy atom. The Bertz CT molecular complexity index is 368. The fraction of sp³-hybridized carbons (Fsp3) is 0.444. The number of amides is 1. The maximum absolute atomic E-state index is 11.5. The van der Waals surface area contributed by atoms with Gasteiger partial charge in [-0.05, 0) is 13.3 Å². The van der Waals surface area contributed by atoms with Gasteiger partial charge in [0.15, 0.2) is 0 Å². The number of carbonyl (C=O) groups excluding carboxylic acids is 1. The summed E-state index contributed by atoms with van der Waals surface area (Å²) in [5, 5.41) is 11.3. The third-order valence-electron chi connectivity index (χ3n) is 1.84. The Labute approximate surface area is 86.4 Å². The molecule has 6 nitrogen and oxygen atoms in total. The molecule has 1 amide bonds. The van der Waals surface area contributed by atoms with Crippen molar-refractivity contribution in [3.05, 3.63) is 28.4 Å². The Morgan fingerprint density at radius 2 is 2.47 bits per heavy atom. The number of aromatic nitrogens is 2. The second-order valence-corrected chi connectivity index (χ2v) is 3.18. The van der Waals surface area contributed by atoms with Crippen molar-refractivity contribution in [3.63, 3.8) is 0 Å². The molecule has 1 atom stereocenters. The van der Waals surface area contributed by atoms with Crippen LogP contribution < -0.4 is 10.9 Å². The molecule has 0 saturated carbocycles. The zero-order valence-corrected chi connectivity index (χ0v) is 8.36. The molecule has 1 rings (SSSR count). The lowest BCUT2D eigenvalue weighted by Crippen LogP contribution is -2.34. The number of nitrogens with one attached hydrogen (secondary N) is 2. The molecule has 3 N–H and O–H groups in total. The van der Waals surface area contributed by atoms with Crippen LogP contribution in [0.25, 0.3) is 0 Å². The molecule has 0 aliphatic rings. The molecule has 0 bridgehead atoms. The highest BCUT2D eigenvalue weighted by Crippen LogP contribution is 1.93. The molecule has 1 unspecified atom stereocenters. The molecule has 15 heavy (non-hydrogen) atoms. The molecule has 0 aliphatic carbocycles. The van der Waals surface area contributed by atoms with Gasteiger partial charge in [-0.15, -0.1) is 0 Å². The minimum Gasteiger partial charge on any atom is -0.396 e. The van der Waals surface area contributed by atoms with E-state index in [1.54, 1.807) is 6.92 Å². The number of hydrogen-bond acceptors (Lipinski definition) is 4. The minimum atomic E-state index is -0.368. The number of aromatic amines is 1. The van der Waals surface area contributed by atoms with Crippen LogP contribution in [0.5, 0.6) is 0 Å². The van der Waals surface area contributed by atoms with Crippen molar-refractivity contribution in [1.82, 2.24) is 15.3 Å². The first kappa shape index (κ1) is 11.4. The van der Waals surface area contributed by atoms with E-state index in [4.69, 9.17) is 5.11 Å². The van der Waals surface area contributed by atoms with Crippen LogP contribution >= 0.6 is 0 Å². The Balaban J connectivity index is 2.61. The van der Waals surface area contributed by atoms with Gasteiger partial charge in [0.2, 0.25) is 0 Å². The van der Waals surface area contributed by atoms with E-state index in [0.717, 1.165) is 6.20 Å². The average molecular weight is 211 g/mol. The summed E-state index contributed by atoms with van der Waals surface area (Å²) in [6, 6.07) is -0.128. The molecule has 0 aromatic carbocycles. The highest BCUT2D eigenvalue weighted by Gasteiger charge is 2.10. The van der Waals surface area contributed by atoms with Crippen molar-refractivity contribution in [2.45, 2.75) is 19.4 Å². The van der Waals surface area contributed by atoms with Crippen molar-refractivity contribution in [2.75, 3.05) is 6.61 Å². The lowest BCUT2D eigenvalue weighted by atomic mass is 10.2. The molecule has 0 aliphatic heterocycles. The number of aliphatic hydroxyl groups is 1. The standard InChI is InChI=1S/C9H13N3O3/c1-6(2-3-13)12-9(15)7-4-11-8(14)5-10-7/h4-6,13H,2-3H2,1H3,(H,11,14)(H,12,15). The fourth-order valence-electron chi connectivity index (χ4n) is 1.03. The first-order valence-corrected chi connectivity index (χ1v) is 4.60. The Morgan fingerprint density at radius 1 is 1.73 bits per heavy atom. The predicted molar refractivity (Wildman–Crippen MR) is 53.5 cm³/mol. The van der Waals surface area contributed by atoms with Crippen LogP contribution in [0.3, 0.4) is 0 Å². The van der Waals surface area contributed by atoms with E-state index in [0.29, 0.717) is 6.42 Å². The molecule has 1 heterocycles. The van der Waals surface area contributed by atoms with Gasteiger partial charge in [0.1, 0.15) is 5.69 Å². The van der Waals surface area contributed by atoms with Crippen molar-refractivity contribution in [2.24, 2.45) is 0 Å². The van der Waals surface area contributed by atoms with E-state index < -0.39 is 0 Å². The number of H-pyrrole nitrogens is 1. The van der Waals surface area contributed by atoms with Crippen LogP contribution in [0, 0.1) is 0 Å². The van der Waals surface area contributed by atoms with Crippen LogP contribution in [0.1, 0.15) is 23.8 Å². The third kappa shape index (κ3) is 3.51. The summed E-state index contributed by atoms with van der Waals surface area (Å²) in [5.74, 6) is -0.368. The van der Waals surface area contributed by atoms with Crippen molar-refractivity contribution >= 4 is 5.91 Å². The van der Waals surface area contributed by atoms with Gasteiger partial charge in [-0.1, -0.05) is 0 Å². The number of aliphatic hydroxyl groups excluding tert-OH is 1. The van der Waals surface area contributed by atoms with Gasteiger partial charge in [-0.3, -0.25) is 9.59 Å². The summed E-state index contributed by atoms with van der Waals surface area (Å²) in [5.41, 5.74) is -0.200. The van der Waals surface area contributed by atoms with E-state index >= 15 is 0 Å². The van der Waals surface area contributed by atoms with Crippen LogP contribution in [0.15, 0.2) is 17.2 Å². The second kappa shape index (κ2) is 5.26. The summed E-state index contributed by atoms with van der Waals surface area (Å²) in [7, 11) is 0. The summed E-state index contributed by atoms with van der Waals surface area (Å²) in [6.07, 6.45) is 2.78. The first-order valence-electron chi connectivity index (χ1n) is 4.60. The molecule has 6 heteroatoms. The van der Waals surface area contributed by atoms with Gasteiger partial charge in [0.25, 0.3) is 11.5 Å². The molecule has 82 valence electrons. The number of rotatable bonds is 4. The topological polar surface area (TPSA) is 95.1 Å². The monoisotopic (exact) mass is 211 g/mol. The van der Waals surface area contributed by atoms with E-state index in [-0.39, 0.29) is 29.8 Å². The molecule has 0 radical (unpaired) electrons. The summed E-state index contributed by atoms with van der Waals surface area (Å²) >= 11 is 0. The SMILES string of the molecule is CC(CCO)NC(=O)c1c[nH]c(=O)cn1. The van der Waals surface area contributed by atoms with Gasteiger partial charge >= 0.3 is 0 Å². The van der Waals surface area contributed by atoms with Crippen molar-refractivity contribution in [1.29, 1.82) is 0 Å². The molecule has 0 fully saturated rings. The maximum Gasteiger partial charge on any atom is 0.271 e. The quantitative estimate of drug-likeness (QED) is 0.612. The van der Waals surface area contributed by atoms with Crippen molar-refractivity contribution in [3.8, 4) is 0 Å². The molecular weight excluding hydrogens is 198 g/mol. The molecule has 1 aromatic heterocycles. The summed E-state index contributed by atoms with van der Waals surface area (Å²) in [4.78, 5) is 28.2. The summed E-state index contributed by atoms with van der Waals surface area (Å²) < 4.78 is 0. The highest BCUT2D eigenvalue weighted by atomic mass is 16.3. The van der Waals surface area contributed by atoms with Crippen molar-refractivity contribution < 1.29 is 9.90 Å². The van der Waals surface area contributed by atoms with E-state index in [2.05, 4.69) is 15.3 Å². The van der Waals surface area contributed by atoms with Gasteiger partial charge in [0, 0.05) is 18.8 Å². The van der Waals surface area contributed by atoms with Gasteiger partial charge in [0.05, 0.1) is 6.20 Å². The predicted octanol–water partition coefficient (Wildman–Crippen LogP) is -0.729. The van der Waals surface area contributed by atoms with Crippen LogP contribution in [0.2, 0.25) is 0 Å². The number of hydrogen-bond donors (Lipinski definition) is 3. The molecule has 0 spiro atoms. The highest BCUT2D eigenvalue weighted by molar-refractivity contribution is 5.92.